The fourth-order valence-electron chi connectivity index (χ4n) is 3.39. The van der Waals surface area contributed by atoms with Crippen LogP contribution < -0.4 is 5.73 Å². The van der Waals surface area contributed by atoms with Gasteiger partial charge in [-0.05, 0) is 37.5 Å². The number of hydrogen-bond donors (Lipinski definition) is 1. The van der Waals surface area contributed by atoms with E-state index < -0.39 is 6.23 Å². The van der Waals surface area contributed by atoms with Gasteiger partial charge in [-0.25, -0.2) is 4.79 Å². The van der Waals surface area contributed by atoms with Crippen molar-refractivity contribution < 1.29 is 19.1 Å². The second kappa shape index (κ2) is 9.48. The fraction of sp³-hybridized carbons (Fsp3) is 0.364. The van der Waals surface area contributed by atoms with Crippen LogP contribution in [0.1, 0.15) is 35.7 Å². The van der Waals surface area contributed by atoms with Gasteiger partial charge in [-0.15, -0.1) is 0 Å². The number of ether oxygens (including phenoxy) is 2. The van der Waals surface area contributed by atoms with E-state index in [2.05, 4.69) is 0 Å². The number of likely N-dealkylation sites (tertiary alicyclic amines) is 1. The summed E-state index contributed by atoms with van der Waals surface area (Å²) in [5.74, 6) is -0.857. The molecule has 0 aliphatic carbocycles. The molecule has 0 bridgehead atoms. The topological polar surface area (TPSA) is 81.9 Å². The van der Waals surface area contributed by atoms with Gasteiger partial charge in [-0.3, -0.25) is 9.69 Å². The van der Waals surface area contributed by atoms with Crippen molar-refractivity contribution in [2.75, 3.05) is 6.54 Å². The Morgan fingerprint density at radius 1 is 1.11 bits per heavy atom. The first-order valence-corrected chi connectivity index (χ1v) is 9.52. The van der Waals surface area contributed by atoms with E-state index in [9.17, 15) is 9.59 Å². The molecule has 0 radical (unpaired) electrons. The molecule has 2 aromatic rings. The highest BCUT2D eigenvalue weighted by molar-refractivity contribution is 5.89. The highest BCUT2D eigenvalue weighted by atomic mass is 16.6. The van der Waals surface area contributed by atoms with Crippen molar-refractivity contribution in [2.45, 2.75) is 38.8 Å². The molecular weight excluding hydrogens is 356 g/mol. The predicted molar refractivity (Wildman–Crippen MR) is 105 cm³/mol. The summed E-state index contributed by atoms with van der Waals surface area (Å²) in [6.07, 6.45) is 0.251. The van der Waals surface area contributed by atoms with Crippen molar-refractivity contribution in [3.8, 4) is 0 Å². The van der Waals surface area contributed by atoms with Crippen LogP contribution in [0.5, 0.6) is 0 Å². The number of benzene rings is 2. The van der Waals surface area contributed by atoms with Crippen LogP contribution in [-0.4, -0.2) is 35.8 Å². The molecule has 6 heteroatoms. The van der Waals surface area contributed by atoms with Gasteiger partial charge < -0.3 is 15.2 Å². The lowest BCUT2D eigenvalue weighted by Gasteiger charge is -2.39. The Labute approximate surface area is 165 Å². The number of carbonyl (C=O) groups excluding carboxylic acids is 2. The van der Waals surface area contributed by atoms with Crippen molar-refractivity contribution in [3.05, 3.63) is 71.8 Å². The van der Waals surface area contributed by atoms with Crippen LogP contribution in [0.3, 0.4) is 0 Å². The molecule has 1 heterocycles. The van der Waals surface area contributed by atoms with E-state index in [1.807, 2.05) is 41.3 Å². The molecule has 1 aliphatic rings. The summed E-state index contributed by atoms with van der Waals surface area (Å²) in [7, 11) is 0. The van der Waals surface area contributed by atoms with Gasteiger partial charge in [0, 0.05) is 6.54 Å². The molecule has 2 aromatic carbocycles. The third-order valence-electron chi connectivity index (χ3n) is 5.00. The van der Waals surface area contributed by atoms with Crippen LogP contribution in [0, 0.1) is 5.92 Å². The lowest BCUT2D eigenvalue weighted by atomic mass is 9.94. The van der Waals surface area contributed by atoms with E-state index >= 15 is 0 Å². The third-order valence-corrected chi connectivity index (χ3v) is 5.00. The summed E-state index contributed by atoms with van der Waals surface area (Å²) in [5, 5.41) is 0. The Balaban J connectivity index is 1.48. The quantitative estimate of drug-likeness (QED) is 0.774. The zero-order valence-corrected chi connectivity index (χ0v) is 16.0. The molecular formula is C22H26N2O4. The zero-order chi connectivity index (χ0) is 19.9. The Morgan fingerprint density at radius 2 is 1.75 bits per heavy atom. The summed E-state index contributed by atoms with van der Waals surface area (Å²) >= 11 is 0. The maximum Gasteiger partial charge on any atom is 0.339 e. The van der Waals surface area contributed by atoms with E-state index in [-0.39, 0.29) is 30.6 Å². The largest absolute Gasteiger partial charge is 0.461 e. The number of nitrogens with two attached hydrogens (primary N) is 1. The van der Waals surface area contributed by atoms with Crippen LogP contribution >= 0.6 is 0 Å². The molecule has 0 saturated carbocycles. The van der Waals surface area contributed by atoms with Gasteiger partial charge in [0.2, 0.25) is 0 Å². The van der Waals surface area contributed by atoms with Crippen molar-refractivity contribution in [1.82, 2.24) is 4.90 Å². The minimum absolute atomic E-state index is 0.229. The maximum atomic E-state index is 12.4. The van der Waals surface area contributed by atoms with E-state index in [0.717, 1.165) is 5.56 Å². The van der Waals surface area contributed by atoms with Gasteiger partial charge in [0.1, 0.15) is 6.61 Å². The predicted octanol–water partition coefficient (Wildman–Crippen LogP) is 2.93. The van der Waals surface area contributed by atoms with Crippen LogP contribution in [0.15, 0.2) is 60.7 Å². The first-order valence-electron chi connectivity index (χ1n) is 9.52. The molecule has 3 rings (SSSR count). The molecule has 3 unspecified atom stereocenters. The van der Waals surface area contributed by atoms with Gasteiger partial charge in [0.25, 0.3) is 0 Å². The first-order chi connectivity index (χ1) is 13.5. The molecule has 2 N–H and O–H groups in total. The molecule has 6 nitrogen and oxygen atoms in total. The summed E-state index contributed by atoms with van der Waals surface area (Å²) < 4.78 is 11.0. The van der Waals surface area contributed by atoms with Crippen molar-refractivity contribution >= 4 is 11.9 Å². The third kappa shape index (κ3) is 5.18. The highest BCUT2D eigenvalue weighted by Crippen LogP contribution is 2.24. The molecule has 3 atom stereocenters. The Morgan fingerprint density at radius 3 is 2.39 bits per heavy atom. The van der Waals surface area contributed by atoms with Crippen LogP contribution in [-0.2, 0) is 20.9 Å². The second-order valence-electron chi connectivity index (χ2n) is 6.99. The summed E-state index contributed by atoms with van der Waals surface area (Å²) in [6, 6.07) is 18.4. The molecule has 148 valence electrons. The molecule has 0 spiro atoms. The number of carbonyl (C=O) groups is 2. The SMILES string of the molecule is CC(OC(=O)c1ccccc1)N1CCC(C(=O)OCc2ccccc2)CC1N. The van der Waals surface area contributed by atoms with Gasteiger partial charge in [0.05, 0.1) is 17.6 Å². The molecule has 1 aliphatic heterocycles. The van der Waals surface area contributed by atoms with E-state index in [0.29, 0.717) is 24.9 Å². The minimum Gasteiger partial charge on any atom is -0.461 e. The van der Waals surface area contributed by atoms with Crippen LogP contribution in [0.2, 0.25) is 0 Å². The Hall–Kier alpha value is -2.70. The number of esters is 2. The van der Waals surface area contributed by atoms with Gasteiger partial charge in [-0.2, -0.15) is 0 Å². The molecule has 28 heavy (non-hydrogen) atoms. The Kier molecular flexibility index (Phi) is 6.79. The molecule has 1 saturated heterocycles. The van der Waals surface area contributed by atoms with Gasteiger partial charge >= 0.3 is 11.9 Å². The highest BCUT2D eigenvalue weighted by Gasteiger charge is 2.34. The van der Waals surface area contributed by atoms with Crippen LogP contribution in [0.25, 0.3) is 0 Å². The maximum absolute atomic E-state index is 12.4. The smallest absolute Gasteiger partial charge is 0.339 e. The number of hydrogen-bond acceptors (Lipinski definition) is 6. The van der Waals surface area contributed by atoms with Crippen molar-refractivity contribution in [1.29, 1.82) is 0 Å². The number of piperidine rings is 1. The fourth-order valence-corrected chi connectivity index (χ4v) is 3.39. The Bertz CT molecular complexity index is 782. The zero-order valence-electron chi connectivity index (χ0n) is 16.0. The number of rotatable bonds is 6. The standard InChI is InChI=1S/C22H26N2O4/c1-16(28-22(26)18-10-6-3-7-11-18)24-13-12-19(14-20(24)23)21(25)27-15-17-8-4-2-5-9-17/h2-11,16,19-20H,12-15,23H2,1H3. The van der Waals surface area contributed by atoms with Crippen molar-refractivity contribution in [3.63, 3.8) is 0 Å². The molecule has 1 fully saturated rings. The van der Waals surface area contributed by atoms with Gasteiger partial charge in [0.15, 0.2) is 6.23 Å². The number of nitrogens with zero attached hydrogens (tertiary/aromatic N) is 1. The average molecular weight is 382 g/mol. The minimum atomic E-state index is -0.469. The lowest BCUT2D eigenvalue weighted by molar-refractivity contribution is -0.154. The lowest BCUT2D eigenvalue weighted by Crippen LogP contribution is -2.54. The van der Waals surface area contributed by atoms with Gasteiger partial charge in [-0.1, -0.05) is 48.5 Å². The summed E-state index contributed by atoms with van der Waals surface area (Å²) in [6.45, 7) is 2.63. The molecule has 0 aromatic heterocycles. The first kappa shape index (κ1) is 20.0. The normalized spacial score (nSPS) is 20.9. The summed E-state index contributed by atoms with van der Waals surface area (Å²) in [5.41, 5.74) is 7.72. The molecule has 0 amide bonds. The van der Waals surface area contributed by atoms with E-state index in [4.69, 9.17) is 15.2 Å². The average Bonchev–Trinajstić information content (AvgIpc) is 2.73. The van der Waals surface area contributed by atoms with E-state index in [1.54, 1.807) is 31.2 Å². The van der Waals surface area contributed by atoms with E-state index in [1.165, 1.54) is 0 Å². The monoisotopic (exact) mass is 382 g/mol. The second-order valence-corrected chi connectivity index (χ2v) is 6.99. The van der Waals surface area contributed by atoms with Crippen molar-refractivity contribution in [2.24, 2.45) is 11.7 Å². The van der Waals surface area contributed by atoms with Crippen LogP contribution in [0.4, 0.5) is 0 Å². The summed E-state index contributed by atoms with van der Waals surface area (Å²) in [4.78, 5) is 26.5.